The van der Waals surface area contributed by atoms with Gasteiger partial charge in [0.25, 0.3) is 0 Å². The summed E-state index contributed by atoms with van der Waals surface area (Å²) in [4.78, 5) is 13.9. The first kappa shape index (κ1) is 17.7. The number of ether oxygens (including phenoxy) is 1. The van der Waals surface area contributed by atoms with Crippen molar-refractivity contribution in [2.45, 2.75) is 12.8 Å². The van der Waals surface area contributed by atoms with Crippen molar-refractivity contribution in [1.82, 2.24) is 10.2 Å². The predicted octanol–water partition coefficient (Wildman–Crippen LogP) is 2.08. The summed E-state index contributed by atoms with van der Waals surface area (Å²) in [7, 11) is 1.77. The number of carbonyl (C=O) groups is 1. The smallest absolute Gasteiger partial charge is 0.225 e. The van der Waals surface area contributed by atoms with Gasteiger partial charge in [0.2, 0.25) is 5.91 Å². The van der Waals surface area contributed by atoms with Gasteiger partial charge in [-0.2, -0.15) is 0 Å². The number of nitrogens with one attached hydrogen (secondary N) is 1. The molecule has 4 nitrogen and oxygen atoms in total. The lowest BCUT2D eigenvalue weighted by Crippen LogP contribution is -2.40. The maximum absolute atomic E-state index is 13.4. The van der Waals surface area contributed by atoms with Crippen molar-refractivity contribution in [3.63, 3.8) is 0 Å². The SMILES string of the molecule is CN(CCOc1ccccc1F)C(=O)C1CCNCC1.Cl. The minimum atomic E-state index is -0.375. The summed E-state index contributed by atoms with van der Waals surface area (Å²) in [6.07, 6.45) is 1.77. The fourth-order valence-electron chi connectivity index (χ4n) is 2.35. The summed E-state index contributed by atoms with van der Waals surface area (Å²) in [6.45, 7) is 2.57. The van der Waals surface area contributed by atoms with Crippen molar-refractivity contribution >= 4 is 18.3 Å². The molecule has 0 unspecified atom stereocenters. The van der Waals surface area contributed by atoms with E-state index in [0.717, 1.165) is 25.9 Å². The van der Waals surface area contributed by atoms with Gasteiger partial charge in [0.1, 0.15) is 6.61 Å². The number of carbonyl (C=O) groups excluding carboxylic acids is 1. The number of hydrogen-bond acceptors (Lipinski definition) is 3. The molecule has 0 saturated carbocycles. The highest BCUT2D eigenvalue weighted by molar-refractivity contribution is 5.85. The molecule has 1 aliphatic rings. The largest absolute Gasteiger partial charge is 0.489 e. The van der Waals surface area contributed by atoms with Crippen LogP contribution in [0.25, 0.3) is 0 Å². The predicted molar refractivity (Wildman–Crippen MR) is 82.4 cm³/mol. The highest BCUT2D eigenvalue weighted by Crippen LogP contribution is 2.16. The van der Waals surface area contributed by atoms with Gasteiger partial charge in [0.05, 0.1) is 6.54 Å². The Labute approximate surface area is 131 Å². The normalized spacial score (nSPS) is 15.1. The van der Waals surface area contributed by atoms with E-state index in [1.54, 1.807) is 30.1 Å². The highest BCUT2D eigenvalue weighted by atomic mass is 35.5. The summed E-state index contributed by atoms with van der Waals surface area (Å²) in [5, 5.41) is 3.24. The molecule has 0 aromatic heterocycles. The Bertz CT molecular complexity index is 453. The number of para-hydroxylation sites is 1. The fourth-order valence-corrected chi connectivity index (χ4v) is 2.35. The molecule has 1 aromatic carbocycles. The van der Waals surface area contributed by atoms with Crippen LogP contribution < -0.4 is 10.1 Å². The standard InChI is InChI=1S/C15H21FN2O2.ClH/c1-18(15(19)12-6-8-17-9-7-12)10-11-20-14-5-3-2-4-13(14)16;/h2-5,12,17H,6-11H2,1H3;1H. The lowest BCUT2D eigenvalue weighted by molar-refractivity contribution is -0.135. The van der Waals surface area contributed by atoms with Crippen molar-refractivity contribution in [3.05, 3.63) is 30.1 Å². The molecule has 1 heterocycles. The van der Waals surface area contributed by atoms with Crippen LogP contribution in [0.15, 0.2) is 24.3 Å². The van der Waals surface area contributed by atoms with Gasteiger partial charge >= 0.3 is 0 Å². The van der Waals surface area contributed by atoms with Crippen molar-refractivity contribution in [2.24, 2.45) is 5.92 Å². The number of amides is 1. The molecule has 0 radical (unpaired) electrons. The van der Waals surface area contributed by atoms with E-state index in [9.17, 15) is 9.18 Å². The van der Waals surface area contributed by atoms with Gasteiger partial charge in [-0.3, -0.25) is 4.79 Å². The lowest BCUT2D eigenvalue weighted by atomic mass is 9.97. The Hall–Kier alpha value is -1.33. The van der Waals surface area contributed by atoms with E-state index < -0.39 is 0 Å². The number of nitrogens with zero attached hydrogens (tertiary/aromatic N) is 1. The molecule has 1 fully saturated rings. The Balaban J connectivity index is 0.00000220. The molecule has 1 aliphatic heterocycles. The minimum Gasteiger partial charge on any atom is -0.489 e. The minimum absolute atomic E-state index is 0. The first-order valence-electron chi connectivity index (χ1n) is 7.01. The molecule has 2 rings (SSSR count). The van der Waals surface area contributed by atoms with Crippen molar-refractivity contribution < 1.29 is 13.9 Å². The van der Waals surface area contributed by atoms with Crippen molar-refractivity contribution in [3.8, 4) is 5.75 Å². The van der Waals surface area contributed by atoms with E-state index in [0.29, 0.717) is 13.2 Å². The van der Waals surface area contributed by atoms with Crippen LogP contribution in [-0.2, 0) is 4.79 Å². The summed E-state index contributed by atoms with van der Waals surface area (Å²) in [6, 6.07) is 6.29. The van der Waals surface area contributed by atoms with Gasteiger partial charge in [-0.25, -0.2) is 4.39 Å². The van der Waals surface area contributed by atoms with Crippen LogP contribution in [0, 0.1) is 11.7 Å². The maximum atomic E-state index is 13.4. The van der Waals surface area contributed by atoms with E-state index in [2.05, 4.69) is 5.32 Å². The monoisotopic (exact) mass is 316 g/mol. The zero-order chi connectivity index (χ0) is 14.4. The van der Waals surface area contributed by atoms with Crippen LogP contribution in [0.2, 0.25) is 0 Å². The van der Waals surface area contributed by atoms with Crippen LogP contribution >= 0.6 is 12.4 Å². The van der Waals surface area contributed by atoms with E-state index in [1.807, 2.05) is 0 Å². The first-order chi connectivity index (χ1) is 9.68. The van der Waals surface area contributed by atoms with E-state index in [-0.39, 0.29) is 35.8 Å². The Morgan fingerprint density at radius 1 is 1.38 bits per heavy atom. The van der Waals surface area contributed by atoms with Gasteiger partial charge in [0.15, 0.2) is 11.6 Å². The molecule has 118 valence electrons. The number of hydrogen-bond donors (Lipinski definition) is 1. The third-order valence-electron chi connectivity index (χ3n) is 3.59. The Morgan fingerprint density at radius 3 is 2.71 bits per heavy atom. The van der Waals surface area contributed by atoms with Crippen LogP contribution in [0.1, 0.15) is 12.8 Å². The topological polar surface area (TPSA) is 41.6 Å². The molecule has 1 saturated heterocycles. The van der Waals surface area contributed by atoms with Gasteiger partial charge in [0, 0.05) is 13.0 Å². The molecule has 21 heavy (non-hydrogen) atoms. The molecule has 0 atom stereocenters. The quantitative estimate of drug-likeness (QED) is 0.904. The number of likely N-dealkylation sites (N-methyl/N-ethyl adjacent to an activating group) is 1. The summed E-state index contributed by atoms with van der Waals surface area (Å²) in [5.74, 6) is 0.119. The van der Waals surface area contributed by atoms with Crippen molar-refractivity contribution in [1.29, 1.82) is 0 Å². The zero-order valence-electron chi connectivity index (χ0n) is 12.2. The van der Waals surface area contributed by atoms with E-state index >= 15 is 0 Å². The van der Waals surface area contributed by atoms with Gasteiger partial charge in [-0.15, -0.1) is 12.4 Å². The number of halogens is 2. The lowest BCUT2D eigenvalue weighted by Gasteiger charge is -2.26. The van der Waals surface area contributed by atoms with Crippen LogP contribution in [0.4, 0.5) is 4.39 Å². The van der Waals surface area contributed by atoms with E-state index in [4.69, 9.17) is 4.74 Å². The molecule has 0 spiro atoms. The highest BCUT2D eigenvalue weighted by Gasteiger charge is 2.23. The zero-order valence-corrected chi connectivity index (χ0v) is 13.0. The molecule has 0 bridgehead atoms. The van der Waals surface area contributed by atoms with Crippen molar-refractivity contribution in [2.75, 3.05) is 33.3 Å². The molecule has 6 heteroatoms. The second-order valence-electron chi connectivity index (χ2n) is 5.06. The van der Waals surface area contributed by atoms with Crippen LogP contribution in [0.3, 0.4) is 0 Å². The Kier molecular flexibility index (Phi) is 7.47. The molecular formula is C15H22ClFN2O2. The second kappa shape index (κ2) is 8.85. The molecule has 1 amide bonds. The van der Waals surface area contributed by atoms with Gasteiger partial charge in [-0.1, -0.05) is 12.1 Å². The third kappa shape index (κ3) is 5.17. The molecule has 0 aliphatic carbocycles. The van der Waals surface area contributed by atoms with Gasteiger partial charge < -0.3 is 15.0 Å². The number of rotatable bonds is 5. The number of piperidine rings is 1. The van der Waals surface area contributed by atoms with E-state index in [1.165, 1.54) is 6.07 Å². The summed E-state index contributed by atoms with van der Waals surface area (Å²) >= 11 is 0. The summed E-state index contributed by atoms with van der Waals surface area (Å²) < 4.78 is 18.7. The Morgan fingerprint density at radius 2 is 2.05 bits per heavy atom. The first-order valence-corrected chi connectivity index (χ1v) is 7.01. The van der Waals surface area contributed by atoms with Crippen LogP contribution in [-0.4, -0.2) is 44.1 Å². The van der Waals surface area contributed by atoms with Gasteiger partial charge in [-0.05, 0) is 38.1 Å². The molecular weight excluding hydrogens is 295 g/mol. The number of benzene rings is 1. The summed E-state index contributed by atoms with van der Waals surface area (Å²) in [5.41, 5.74) is 0. The second-order valence-corrected chi connectivity index (χ2v) is 5.06. The molecule has 1 aromatic rings. The maximum Gasteiger partial charge on any atom is 0.225 e. The average molecular weight is 317 g/mol. The molecule has 1 N–H and O–H groups in total. The average Bonchev–Trinajstić information content (AvgIpc) is 2.49. The van der Waals surface area contributed by atoms with Crippen LogP contribution in [0.5, 0.6) is 5.75 Å². The third-order valence-corrected chi connectivity index (χ3v) is 3.59. The fraction of sp³-hybridized carbons (Fsp3) is 0.533.